The standard InChI is InChI=1S/C25H26FN5O4/c1-2-12-29(24(34)17-13-20(32)30(15-17)19-11-7-6-10-18(19)26)21-22(27)31(25(35)28-23(21)33)14-16-8-4-3-5-9-16/h3-11,17H,2,12-15,27H2,1H3,(H,28,33,35). The molecule has 1 saturated heterocycles. The topological polar surface area (TPSA) is 121 Å². The number of nitrogens with one attached hydrogen (secondary N) is 1. The second kappa shape index (κ2) is 9.96. The van der Waals surface area contributed by atoms with Crippen molar-refractivity contribution in [3.8, 4) is 0 Å². The van der Waals surface area contributed by atoms with Gasteiger partial charge in [-0.25, -0.2) is 9.18 Å². The third-order valence-corrected chi connectivity index (χ3v) is 6.00. The molecule has 0 spiro atoms. The van der Waals surface area contributed by atoms with Crippen molar-refractivity contribution in [1.29, 1.82) is 0 Å². The molecule has 9 nitrogen and oxygen atoms in total. The van der Waals surface area contributed by atoms with Crippen LogP contribution in [0.2, 0.25) is 0 Å². The fraction of sp³-hybridized carbons (Fsp3) is 0.280. The van der Waals surface area contributed by atoms with Gasteiger partial charge in [0.15, 0.2) is 5.69 Å². The molecule has 35 heavy (non-hydrogen) atoms. The third kappa shape index (κ3) is 4.72. The summed E-state index contributed by atoms with van der Waals surface area (Å²) in [6.07, 6.45) is 0.370. The molecule has 182 valence electrons. The number of nitrogens with two attached hydrogens (primary N) is 1. The van der Waals surface area contributed by atoms with Gasteiger partial charge in [0.1, 0.15) is 11.6 Å². The minimum absolute atomic E-state index is 0.0275. The highest BCUT2D eigenvalue weighted by Crippen LogP contribution is 2.30. The van der Waals surface area contributed by atoms with Crippen molar-refractivity contribution in [1.82, 2.24) is 9.55 Å². The molecule has 1 fully saturated rings. The average Bonchev–Trinajstić information content (AvgIpc) is 3.23. The number of carbonyl (C=O) groups is 2. The van der Waals surface area contributed by atoms with Crippen LogP contribution < -0.4 is 26.8 Å². The van der Waals surface area contributed by atoms with Crippen LogP contribution in [0.5, 0.6) is 0 Å². The van der Waals surface area contributed by atoms with E-state index in [0.717, 1.165) is 5.56 Å². The fourth-order valence-corrected chi connectivity index (χ4v) is 4.31. The summed E-state index contributed by atoms with van der Waals surface area (Å²) in [6, 6.07) is 14.9. The van der Waals surface area contributed by atoms with Gasteiger partial charge in [-0.05, 0) is 24.1 Å². The number of para-hydroxylation sites is 1. The van der Waals surface area contributed by atoms with Crippen molar-refractivity contribution < 1.29 is 14.0 Å². The highest BCUT2D eigenvalue weighted by Gasteiger charge is 2.39. The van der Waals surface area contributed by atoms with Crippen molar-refractivity contribution in [2.75, 3.05) is 28.6 Å². The Labute approximate surface area is 200 Å². The predicted octanol–water partition coefficient (Wildman–Crippen LogP) is 2.10. The molecule has 1 aliphatic rings. The molecular formula is C25H26FN5O4. The molecule has 3 N–H and O–H groups in total. The number of amides is 2. The number of anilines is 3. The van der Waals surface area contributed by atoms with Gasteiger partial charge in [0.25, 0.3) is 5.56 Å². The van der Waals surface area contributed by atoms with E-state index in [1.54, 1.807) is 6.07 Å². The van der Waals surface area contributed by atoms with Gasteiger partial charge in [0.2, 0.25) is 11.8 Å². The van der Waals surface area contributed by atoms with Gasteiger partial charge in [-0.1, -0.05) is 49.4 Å². The average molecular weight is 480 g/mol. The van der Waals surface area contributed by atoms with Crippen molar-refractivity contribution >= 4 is 29.0 Å². The molecule has 2 aromatic carbocycles. The smallest absolute Gasteiger partial charge is 0.330 e. The second-order valence-corrected chi connectivity index (χ2v) is 8.41. The number of rotatable bonds is 7. The highest BCUT2D eigenvalue weighted by molar-refractivity contribution is 6.05. The first kappa shape index (κ1) is 23.9. The molecule has 0 radical (unpaired) electrons. The van der Waals surface area contributed by atoms with E-state index in [1.165, 1.54) is 32.6 Å². The van der Waals surface area contributed by atoms with Gasteiger partial charge in [0.05, 0.1) is 18.2 Å². The molecular weight excluding hydrogens is 453 g/mol. The van der Waals surface area contributed by atoms with Gasteiger partial charge >= 0.3 is 5.69 Å². The molecule has 1 aromatic heterocycles. The zero-order valence-corrected chi connectivity index (χ0v) is 19.2. The SMILES string of the molecule is CCCN(C(=O)C1CC(=O)N(c2ccccc2F)C1)c1c(N)n(Cc2ccccc2)c(=O)[nH]c1=O. The summed E-state index contributed by atoms with van der Waals surface area (Å²) >= 11 is 0. The van der Waals surface area contributed by atoms with E-state index < -0.39 is 28.9 Å². The number of aromatic amines is 1. The summed E-state index contributed by atoms with van der Waals surface area (Å²) in [4.78, 5) is 56.3. The molecule has 10 heteroatoms. The maximum absolute atomic E-state index is 14.3. The molecule has 3 aromatic rings. The lowest BCUT2D eigenvalue weighted by Gasteiger charge is -2.26. The summed E-state index contributed by atoms with van der Waals surface area (Å²) < 4.78 is 15.5. The highest BCUT2D eigenvalue weighted by atomic mass is 19.1. The van der Waals surface area contributed by atoms with Gasteiger partial charge in [-0.3, -0.25) is 23.9 Å². The summed E-state index contributed by atoms with van der Waals surface area (Å²) in [5.74, 6) is -2.38. The van der Waals surface area contributed by atoms with E-state index >= 15 is 0 Å². The third-order valence-electron chi connectivity index (χ3n) is 6.00. The van der Waals surface area contributed by atoms with Crippen molar-refractivity contribution in [2.45, 2.75) is 26.3 Å². The Bertz CT molecular complexity index is 1370. The largest absolute Gasteiger partial charge is 0.383 e. The maximum Gasteiger partial charge on any atom is 0.330 e. The van der Waals surface area contributed by atoms with Gasteiger partial charge in [-0.15, -0.1) is 0 Å². The summed E-state index contributed by atoms with van der Waals surface area (Å²) in [5, 5.41) is 0. The number of hydrogen-bond donors (Lipinski definition) is 2. The number of H-pyrrole nitrogens is 1. The lowest BCUT2D eigenvalue weighted by molar-refractivity contribution is -0.124. The van der Waals surface area contributed by atoms with E-state index in [2.05, 4.69) is 4.98 Å². The normalized spacial score (nSPS) is 15.4. The molecule has 0 saturated carbocycles. The van der Waals surface area contributed by atoms with E-state index in [9.17, 15) is 23.6 Å². The molecule has 1 aliphatic heterocycles. The second-order valence-electron chi connectivity index (χ2n) is 8.41. The van der Waals surface area contributed by atoms with Crippen molar-refractivity contribution in [2.24, 2.45) is 5.92 Å². The fourth-order valence-electron chi connectivity index (χ4n) is 4.31. The van der Waals surface area contributed by atoms with Crippen LogP contribution in [0.15, 0.2) is 64.2 Å². The predicted molar refractivity (Wildman–Crippen MR) is 131 cm³/mol. The maximum atomic E-state index is 14.3. The van der Waals surface area contributed by atoms with Crippen LogP contribution >= 0.6 is 0 Å². The Hall–Kier alpha value is -4.21. The number of nitrogen functional groups attached to an aromatic ring is 1. The van der Waals surface area contributed by atoms with Crippen LogP contribution in [0.3, 0.4) is 0 Å². The molecule has 2 heterocycles. The Morgan fingerprint density at radius 1 is 1.11 bits per heavy atom. The Morgan fingerprint density at radius 2 is 1.80 bits per heavy atom. The van der Waals surface area contributed by atoms with E-state index in [1.807, 2.05) is 37.3 Å². The minimum atomic E-state index is -0.804. The van der Waals surface area contributed by atoms with Crippen LogP contribution in [-0.4, -0.2) is 34.5 Å². The summed E-state index contributed by atoms with van der Waals surface area (Å²) in [5.41, 5.74) is 5.57. The van der Waals surface area contributed by atoms with Crippen LogP contribution in [0, 0.1) is 11.7 Å². The van der Waals surface area contributed by atoms with Gasteiger partial charge in [0, 0.05) is 19.5 Å². The summed E-state index contributed by atoms with van der Waals surface area (Å²) in [7, 11) is 0. The Morgan fingerprint density at radius 3 is 2.49 bits per heavy atom. The molecule has 1 unspecified atom stereocenters. The first-order valence-corrected chi connectivity index (χ1v) is 11.3. The zero-order valence-electron chi connectivity index (χ0n) is 19.2. The number of hydrogen-bond acceptors (Lipinski definition) is 5. The minimum Gasteiger partial charge on any atom is -0.383 e. The Kier molecular flexibility index (Phi) is 6.81. The molecule has 0 bridgehead atoms. The number of aromatic nitrogens is 2. The number of nitrogens with zero attached hydrogens (tertiary/aromatic N) is 3. The number of halogens is 1. The van der Waals surface area contributed by atoms with Crippen LogP contribution in [-0.2, 0) is 16.1 Å². The first-order chi connectivity index (χ1) is 16.8. The Balaban J connectivity index is 1.68. The monoisotopic (exact) mass is 479 g/mol. The molecule has 4 rings (SSSR count). The number of carbonyl (C=O) groups excluding carboxylic acids is 2. The van der Waals surface area contributed by atoms with Crippen molar-refractivity contribution in [3.63, 3.8) is 0 Å². The zero-order chi connectivity index (χ0) is 25.1. The lowest BCUT2D eigenvalue weighted by atomic mass is 10.1. The van der Waals surface area contributed by atoms with Gasteiger partial charge in [-0.2, -0.15) is 0 Å². The van der Waals surface area contributed by atoms with Crippen LogP contribution in [0.4, 0.5) is 21.6 Å². The van der Waals surface area contributed by atoms with Gasteiger partial charge < -0.3 is 15.5 Å². The molecule has 2 amide bonds. The van der Waals surface area contributed by atoms with E-state index in [0.29, 0.717) is 6.42 Å². The number of benzene rings is 2. The van der Waals surface area contributed by atoms with Crippen LogP contribution in [0.25, 0.3) is 0 Å². The quantitative estimate of drug-likeness (QED) is 0.538. The lowest BCUT2D eigenvalue weighted by Crippen LogP contribution is -2.44. The molecule has 1 atom stereocenters. The summed E-state index contributed by atoms with van der Waals surface area (Å²) in [6.45, 7) is 2.06. The van der Waals surface area contributed by atoms with E-state index in [-0.39, 0.29) is 49.2 Å². The van der Waals surface area contributed by atoms with Crippen molar-refractivity contribution in [3.05, 3.63) is 86.8 Å². The first-order valence-electron chi connectivity index (χ1n) is 11.3. The van der Waals surface area contributed by atoms with E-state index in [4.69, 9.17) is 5.73 Å². The van der Waals surface area contributed by atoms with Crippen LogP contribution in [0.1, 0.15) is 25.3 Å². The molecule has 0 aliphatic carbocycles.